The minimum atomic E-state index is 0. The summed E-state index contributed by atoms with van der Waals surface area (Å²) in [6.45, 7) is 12.3. The molecule has 0 aliphatic rings. The second-order valence-electron chi connectivity index (χ2n) is 12.9. The zero-order chi connectivity index (χ0) is 27.6. The predicted octanol–water partition coefficient (Wildman–Crippen LogP) is -5.24. The largest absolute Gasteiger partial charge is 1.00 e. The molecule has 6 nitrogen and oxygen atoms in total. The summed E-state index contributed by atoms with van der Waals surface area (Å²) in [5, 5.41) is 0. The van der Waals surface area contributed by atoms with E-state index < -0.39 is 0 Å². The molecule has 0 aliphatic heterocycles. The summed E-state index contributed by atoms with van der Waals surface area (Å²) in [6.07, 6.45) is 9.31. The van der Waals surface area contributed by atoms with Gasteiger partial charge in [-0.05, 0) is 52.6 Å². The summed E-state index contributed by atoms with van der Waals surface area (Å²) < 4.78 is 2.76. The van der Waals surface area contributed by atoms with Crippen molar-refractivity contribution in [2.45, 2.75) is 40.0 Å². The van der Waals surface area contributed by atoms with Gasteiger partial charge >= 0.3 is 0 Å². The molecule has 1 aromatic carbocycles. The number of nitrogens with zero attached hydrogens (tertiary/aromatic N) is 6. The molecule has 0 spiro atoms. The number of benzene rings is 1. The van der Waals surface area contributed by atoms with E-state index in [2.05, 4.69) is 103 Å². The van der Waals surface area contributed by atoms with Crippen LogP contribution in [0.3, 0.4) is 0 Å². The zero-order valence-corrected chi connectivity index (χ0v) is 29.2. The van der Waals surface area contributed by atoms with Crippen molar-refractivity contribution in [1.82, 2.24) is 0 Å². The molecule has 0 bridgehead atoms. The topological polar surface area (TPSA) is 37.1 Å². The van der Waals surface area contributed by atoms with Crippen molar-refractivity contribution < 1.29 is 50.7 Å². The summed E-state index contributed by atoms with van der Waals surface area (Å²) >= 11 is 0. The summed E-state index contributed by atoms with van der Waals surface area (Å²) in [7, 11) is 20.0. The van der Waals surface area contributed by atoms with E-state index in [0.717, 1.165) is 72.0 Å². The summed E-state index contributed by atoms with van der Waals surface area (Å²) in [4.78, 5) is 14.7. The molecular formula is C30H57Cl3N6. The van der Waals surface area contributed by atoms with Gasteiger partial charge in [-0.1, -0.05) is 20.8 Å². The van der Waals surface area contributed by atoms with E-state index in [0.29, 0.717) is 0 Å². The molecule has 0 saturated heterocycles. The average molecular weight is 608 g/mol. The second-order valence-corrected chi connectivity index (χ2v) is 12.9. The van der Waals surface area contributed by atoms with Crippen molar-refractivity contribution in [3.63, 3.8) is 0 Å². The van der Waals surface area contributed by atoms with Crippen LogP contribution in [0.5, 0.6) is 0 Å². The first-order valence-electron chi connectivity index (χ1n) is 13.7. The number of rotatable bonds is 15. The number of halogens is 3. The maximum Gasteiger partial charge on any atom is 0.0979 e. The Kier molecular flexibility index (Phi) is 20.9. The third kappa shape index (κ3) is 16.1. The fourth-order valence-corrected chi connectivity index (χ4v) is 4.13. The monoisotopic (exact) mass is 606 g/mol. The molecule has 1 rings (SSSR count). The SMILES string of the molecule is CCc1c(C=NCC[N+](C)(C)C)c(CC)c(C=NCC[N+](C)(C)C)c(CC)c1C=NCC[N+](C)(C)C.[Cl-].[Cl-].[Cl-]. The quantitative estimate of drug-likeness (QED) is 0.141. The molecule has 0 amide bonds. The van der Waals surface area contributed by atoms with Crippen LogP contribution >= 0.6 is 0 Å². The highest BCUT2D eigenvalue weighted by molar-refractivity contribution is 5.99. The van der Waals surface area contributed by atoms with Gasteiger partial charge in [0.2, 0.25) is 0 Å². The zero-order valence-electron chi connectivity index (χ0n) is 26.9. The van der Waals surface area contributed by atoms with E-state index >= 15 is 0 Å². The molecule has 0 unspecified atom stereocenters. The molecule has 228 valence electrons. The van der Waals surface area contributed by atoms with Crippen LogP contribution in [0.15, 0.2) is 15.0 Å². The number of quaternary nitrogens is 3. The Hall–Kier alpha value is -1.02. The Labute approximate surface area is 259 Å². The second kappa shape index (κ2) is 19.2. The third-order valence-electron chi connectivity index (χ3n) is 6.37. The van der Waals surface area contributed by atoms with E-state index in [4.69, 9.17) is 15.0 Å². The van der Waals surface area contributed by atoms with Crippen molar-refractivity contribution in [3.8, 4) is 0 Å². The van der Waals surface area contributed by atoms with Gasteiger partial charge in [-0.2, -0.15) is 0 Å². The highest BCUT2D eigenvalue weighted by atomic mass is 35.5. The van der Waals surface area contributed by atoms with E-state index in [1.807, 2.05) is 0 Å². The lowest BCUT2D eigenvalue weighted by molar-refractivity contribution is -0.868. The van der Waals surface area contributed by atoms with Gasteiger partial charge in [0.1, 0.15) is 0 Å². The molecule has 39 heavy (non-hydrogen) atoms. The molecule has 0 atom stereocenters. The Morgan fingerprint density at radius 1 is 0.436 bits per heavy atom. The Balaban J connectivity index is -0.00000432. The molecule has 0 aliphatic carbocycles. The Morgan fingerprint density at radius 2 is 0.641 bits per heavy atom. The van der Waals surface area contributed by atoms with Gasteiger partial charge in [0.15, 0.2) is 0 Å². The highest BCUT2D eigenvalue weighted by Crippen LogP contribution is 2.28. The molecular weight excluding hydrogens is 551 g/mol. The maximum atomic E-state index is 4.90. The van der Waals surface area contributed by atoms with Crippen LogP contribution in [0.2, 0.25) is 0 Å². The van der Waals surface area contributed by atoms with Gasteiger partial charge < -0.3 is 50.7 Å². The predicted molar refractivity (Wildman–Crippen MR) is 161 cm³/mol. The van der Waals surface area contributed by atoms with Gasteiger partial charge in [0.05, 0.1) is 103 Å². The molecule has 0 aromatic heterocycles. The standard InChI is InChI=1S/C30H57N6.3ClH/c1-13-25-28(22-31-16-19-34(4,5)6)26(14-2)30(24-33-18-21-36(10,11)12)27(15-3)29(25)23-32-17-20-35(7,8)9;;;/h22-24H,13-21H2,1-12H3;3*1H/q+3;;;/p-3. The Bertz CT molecular complexity index is 781. The first-order chi connectivity index (χ1) is 16.6. The number of hydrogen-bond donors (Lipinski definition) is 0. The summed E-state index contributed by atoms with van der Waals surface area (Å²) in [6, 6.07) is 0. The average Bonchev–Trinajstić information content (AvgIpc) is 2.74. The number of aliphatic imine (C=N–C) groups is 3. The minimum absolute atomic E-state index is 0. The van der Waals surface area contributed by atoms with E-state index in [1.54, 1.807) is 0 Å². The van der Waals surface area contributed by atoms with Crippen LogP contribution in [0, 0.1) is 0 Å². The molecule has 0 N–H and O–H groups in total. The van der Waals surface area contributed by atoms with Gasteiger partial charge in [0, 0.05) is 18.6 Å². The minimum Gasteiger partial charge on any atom is -1.00 e. The molecule has 1 aromatic rings. The maximum absolute atomic E-state index is 4.90. The smallest absolute Gasteiger partial charge is 0.0979 e. The fraction of sp³-hybridized carbons (Fsp3) is 0.700. The number of likely N-dealkylation sites (N-methyl/N-ethyl adjacent to an activating group) is 3. The lowest BCUT2D eigenvalue weighted by Crippen LogP contribution is -3.00. The lowest BCUT2D eigenvalue weighted by atomic mass is 9.84. The Morgan fingerprint density at radius 3 is 0.795 bits per heavy atom. The molecule has 0 radical (unpaired) electrons. The van der Waals surface area contributed by atoms with Crippen molar-refractivity contribution in [1.29, 1.82) is 0 Å². The van der Waals surface area contributed by atoms with Crippen LogP contribution in [0.1, 0.15) is 54.2 Å². The van der Waals surface area contributed by atoms with Crippen molar-refractivity contribution >= 4 is 18.6 Å². The van der Waals surface area contributed by atoms with Gasteiger partial charge in [0.25, 0.3) is 0 Å². The molecule has 0 saturated carbocycles. The van der Waals surface area contributed by atoms with Crippen LogP contribution in [-0.4, -0.2) is 135 Å². The summed E-state index contributed by atoms with van der Waals surface area (Å²) in [5.74, 6) is 0. The normalized spacial score (nSPS) is 12.6. The third-order valence-corrected chi connectivity index (χ3v) is 6.37. The van der Waals surface area contributed by atoms with Gasteiger partial charge in [-0.15, -0.1) is 0 Å². The van der Waals surface area contributed by atoms with Crippen molar-refractivity contribution in [3.05, 3.63) is 33.4 Å². The van der Waals surface area contributed by atoms with Gasteiger partial charge in [-0.3, -0.25) is 15.0 Å². The van der Waals surface area contributed by atoms with Crippen molar-refractivity contribution in [2.24, 2.45) is 15.0 Å². The molecule has 0 fully saturated rings. The van der Waals surface area contributed by atoms with Crippen LogP contribution in [0.25, 0.3) is 0 Å². The van der Waals surface area contributed by atoms with Crippen molar-refractivity contribution in [2.75, 3.05) is 103 Å². The van der Waals surface area contributed by atoms with E-state index in [-0.39, 0.29) is 37.2 Å². The first kappa shape index (κ1) is 42.4. The lowest BCUT2D eigenvalue weighted by Gasteiger charge is -2.24. The summed E-state index contributed by atoms with van der Waals surface area (Å²) in [5.41, 5.74) is 7.94. The first-order valence-corrected chi connectivity index (χ1v) is 13.7. The number of hydrogen-bond acceptors (Lipinski definition) is 3. The highest BCUT2D eigenvalue weighted by Gasteiger charge is 2.19. The fourth-order valence-electron chi connectivity index (χ4n) is 4.13. The van der Waals surface area contributed by atoms with E-state index in [1.165, 1.54) is 33.4 Å². The van der Waals surface area contributed by atoms with Crippen LogP contribution in [-0.2, 0) is 19.3 Å². The molecule has 9 heteroatoms. The van der Waals surface area contributed by atoms with Gasteiger partial charge in [-0.25, -0.2) is 0 Å². The van der Waals surface area contributed by atoms with Crippen LogP contribution in [0.4, 0.5) is 0 Å². The van der Waals surface area contributed by atoms with E-state index in [9.17, 15) is 0 Å². The molecule has 0 heterocycles. The van der Waals surface area contributed by atoms with Crippen LogP contribution < -0.4 is 37.2 Å².